The van der Waals surface area contributed by atoms with Crippen molar-refractivity contribution in [1.29, 1.82) is 0 Å². The fourth-order valence-corrected chi connectivity index (χ4v) is 3.52. The molecule has 2 N–H and O–H groups in total. The van der Waals surface area contributed by atoms with Crippen LogP contribution in [0.4, 0.5) is 17.3 Å². The van der Waals surface area contributed by atoms with E-state index < -0.39 is 0 Å². The molecule has 7 heteroatoms. The van der Waals surface area contributed by atoms with Crippen molar-refractivity contribution in [2.24, 2.45) is 5.92 Å². The van der Waals surface area contributed by atoms with Crippen molar-refractivity contribution in [2.75, 3.05) is 28.6 Å². The third kappa shape index (κ3) is 4.63. The zero-order chi connectivity index (χ0) is 20.8. The van der Waals surface area contributed by atoms with Gasteiger partial charge in [0.15, 0.2) is 0 Å². The number of nitrogens with one attached hydrogen (secondary N) is 2. The van der Waals surface area contributed by atoms with Crippen LogP contribution in [0.3, 0.4) is 0 Å². The highest BCUT2D eigenvalue weighted by molar-refractivity contribution is 6.07. The van der Waals surface area contributed by atoms with Gasteiger partial charge in [-0.05, 0) is 43.2 Å². The summed E-state index contributed by atoms with van der Waals surface area (Å²) >= 11 is 0. The number of para-hydroxylation sites is 2. The molecule has 4 rings (SSSR count). The van der Waals surface area contributed by atoms with Crippen molar-refractivity contribution in [3.05, 3.63) is 78.6 Å². The molecule has 0 spiro atoms. The SMILES string of the molecule is O=C(Nc1ccccc1NC(=O)C1CCN(c2ncccn2)CC1)c1ccccc1. The first-order valence-electron chi connectivity index (χ1n) is 9.99. The van der Waals surface area contributed by atoms with Gasteiger partial charge in [-0.15, -0.1) is 0 Å². The van der Waals surface area contributed by atoms with E-state index in [1.165, 1.54) is 0 Å². The largest absolute Gasteiger partial charge is 0.341 e. The molecule has 0 radical (unpaired) electrons. The maximum atomic E-state index is 12.8. The van der Waals surface area contributed by atoms with Gasteiger partial charge in [-0.25, -0.2) is 9.97 Å². The second kappa shape index (κ2) is 9.17. The van der Waals surface area contributed by atoms with Crippen molar-refractivity contribution in [1.82, 2.24) is 9.97 Å². The number of hydrogen-bond donors (Lipinski definition) is 2. The zero-order valence-electron chi connectivity index (χ0n) is 16.5. The first-order valence-corrected chi connectivity index (χ1v) is 9.99. The van der Waals surface area contributed by atoms with Gasteiger partial charge in [-0.2, -0.15) is 0 Å². The summed E-state index contributed by atoms with van der Waals surface area (Å²) in [6.07, 6.45) is 4.90. The fraction of sp³-hybridized carbons (Fsp3) is 0.217. The lowest BCUT2D eigenvalue weighted by Crippen LogP contribution is -2.39. The maximum absolute atomic E-state index is 12.8. The molecule has 1 saturated heterocycles. The summed E-state index contributed by atoms with van der Waals surface area (Å²) in [5, 5.41) is 5.87. The first-order chi connectivity index (χ1) is 14.7. The summed E-state index contributed by atoms with van der Waals surface area (Å²) < 4.78 is 0. The van der Waals surface area contributed by atoms with E-state index >= 15 is 0 Å². The lowest BCUT2D eigenvalue weighted by Gasteiger charge is -2.31. The van der Waals surface area contributed by atoms with E-state index in [0.717, 1.165) is 25.9 Å². The Hall–Kier alpha value is -3.74. The van der Waals surface area contributed by atoms with E-state index in [0.29, 0.717) is 22.9 Å². The molecule has 7 nitrogen and oxygen atoms in total. The molecule has 0 unspecified atom stereocenters. The van der Waals surface area contributed by atoms with E-state index in [1.54, 1.807) is 42.7 Å². The maximum Gasteiger partial charge on any atom is 0.255 e. The average Bonchev–Trinajstić information content (AvgIpc) is 2.81. The fourth-order valence-electron chi connectivity index (χ4n) is 3.52. The molecular weight excluding hydrogens is 378 g/mol. The first kappa shape index (κ1) is 19.6. The Kier molecular flexibility index (Phi) is 5.98. The topological polar surface area (TPSA) is 87.2 Å². The molecule has 152 valence electrons. The summed E-state index contributed by atoms with van der Waals surface area (Å²) in [7, 11) is 0. The van der Waals surface area contributed by atoms with Crippen LogP contribution in [0.1, 0.15) is 23.2 Å². The van der Waals surface area contributed by atoms with Crippen LogP contribution in [0.5, 0.6) is 0 Å². The van der Waals surface area contributed by atoms with Crippen LogP contribution in [0.2, 0.25) is 0 Å². The normalized spacial score (nSPS) is 14.2. The second-order valence-electron chi connectivity index (χ2n) is 7.17. The van der Waals surface area contributed by atoms with Gasteiger partial charge in [0.05, 0.1) is 11.4 Å². The molecule has 0 atom stereocenters. The highest BCUT2D eigenvalue weighted by Crippen LogP contribution is 2.25. The Balaban J connectivity index is 1.38. The Morgan fingerprint density at radius 3 is 2.07 bits per heavy atom. The Labute approximate surface area is 175 Å². The Morgan fingerprint density at radius 1 is 0.800 bits per heavy atom. The summed E-state index contributed by atoms with van der Waals surface area (Å²) in [5.74, 6) is 0.353. The standard InChI is InChI=1S/C23H23N5O2/c29-21(17-7-2-1-3-8-17)26-19-9-4-5-10-20(19)27-22(30)18-11-15-28(16-12-18)23-24-13-6-14-25-23/h1-10,13-14,18H,11-12,15-16H2,(H,26,29)(H,27,30). The monoisotopic (exact) mass is 401 g/mol. The van der Waals surface area contributed by atoms with Crippen molar-refractivity contribution in [3.8, 4) is 0 Å². The molecule has 2 aromatic carbocycles. The quantitative estimate of drug-likeness (QED) is 0.682. The van der Waals surface area contributed by atoms with Gasteiger partial charge in [-0.3, -0.25) is 9.59 Å². The van der Waals surface area contributed by atoms with Crippen LogP contribution >= 0.6 is 0 Å². The smallest absolute Gasteiger partial charge is 0.255 e. The number of piperidine rings is 1. The van der Waals surface area contributed by atoms with Crippen molar-refractivity contribution in [3.63, 3.8) is 0 Å². The van der Waals surface area contributed by atoms with Gasteiger partial charge in [0.2, 0.25) is 11.9 Å². The van der Waals surface area contributed by atoms with Gasteiger partial charge in [-0.1, -0.05) is 30.3 Å². The van der Waals surface area contributed by atoms with Crippen molar-refractivity contribution >= 4 is 29.1 Å². The summed E-state index contributed by atoms with van der Waals surface area (Å²) in [4.78, 5) is 36.0. The lowest BCUT2D eigenvalue weighted by molar-refractivity contribution is -0.120. The number of amides is 2. The van der Waals surface area contributed by atoms with Gasteiger partial charge in [0.25, 0.3) is 5.91 Å². The van der Waals surface area contributed by atoms with Gasteiger partial charge in [0.1, 0.15) is 0 Å². The Morgan fingerprint density at radius 2 is 1.40 bits per heavy atom. The predicted octanol–water partition coefficient (Wildman–Crippen LogP) is 3.58. The zero-order valence-corrected chi connectivity index (χ0v) is 16.5. The summed E-state index contributed by atoms with van der Waals surface area (Å²) in [6, 6.07) is 18.0. The number of carbonyl (C=O) groups excluding carboxylic acids is 2. The van der Waals surface area contributed by atoms with Crippen LogP contribution in [0, 0.1) is 5.92 Å². The molecule has 0 aliphatic carbocycles. The number of aromatic nitrogens is 2. The van der Waals surface area contributed by atoms with E-state index in [2.05, 4.69) is 25.5 Å². The highest BCUT2D eigenvalue weighted by Gasteiger charge is 2.26. The Bertz CT molecular complexity index is 1000. The molecule has 1 aliphatic heterocycles. The van der Waals surface area contributed by atoms with E-state index in [-0.39, 0.29) is 17.7 Å². The third-order valence-electron chi connectivity index (χ3n) is 5.17. The van der Waals surface area contributed by atoms with Crippen molar-refractivity contribution in [2.45, 2.75) is 12.8 Å². The molecule has 1 aliphatic rings. The van der Waals surface area contributed by atoms with Crippen LogP contribution in [0.15, 0.2) is 73.1 Å². The number of hydrogen-bond acceptors (Lipinski definition) is 5. The highest BCUT2D eigenvalue weighted by atomic mass is 16.2. The minimum atomic E-state index is -0.214. The van der Waals surface area contributed by atoms with Crippen LogP contribution in [-0.2, 0) is 4.79 Å². The average molecular weight is 401 g/mol. The molecule has 2 heterocycles. The van der Waals surface area contributed by atoms with Crippen LogP contribution < -0.4 is 15.5 Å². The second-order valence-corrected chi connectivity index (χ2v) is 7.17. The number of benzene rings is 2. The molecule has 30 heavy (non-hydrogen) atoms. The minimum Gasteiger partial charge on any atom is -0.341 e. The molecule has 1 fully saturated rings. The molecule has 0 bridgehead atoms. The lowest BCUT2D eigenvalue weighted by atomic mass is 9.96. The van der Waals surface area contributed by atoms with Crippen LogP contribution in [0.25, 0.3) is 0 Å². The third-order valence-corrected chi connectivity index (χ3v) is 5.17. The number of nitrogens with zero attached hydrogens (tertiary/aromatic N) is 3. The minimum absolute atomic E-state index is 0.0370. The number of anilines is 3. The van der Waals surface area contributed by atoms with E-state index in [9.17, 15) is 9.59 Å². The number of carbonyl (C=O) groups is 2. The predicted molar refractivity (Wildman–Crippen MR) is 116 cm³/mol. The summed E-state index contributed by atoms with van der Waals surface area (Å²) in [6.45, 7) is 1.46. The van der Waals surface area contributed by atoms with Crippen molar-refractivity contribution < 1.29 is 9.59 Å². The van der Waals surface area contributed by atoms with E-state index in [4.69, 9.17) is 0 Å². The molecule has 0 saturated carbocycles. The number of rotatable bonds is 5. The van der Waals surface area contributed by atoms with Gasteiger partial charge in [0, 0.05) is 37.0 Å². The molecule has 2 amide bonds. The van der Waals surface area contributed by atoms with E-state index in [1.807, 2.05) is 30.3 Å². The van der Waals surface area contributed by atoms with Gasteiger partial charge >= 0.3 is 0 Å². The van der Waals surface area contributed by atoms with Gasteiger partial charge < -0.3 is 15.5 Å². The molecule has 1 aromatic heterocycles. The molecular formula is C23H23N5O2. The van der Waals surface area contributed by atoms with Crippen LogP contribution in [-0.4, -0.2) is 34.9 Å². The summed E-state index contributed by atoms with van der Waals surface area (Å²) in [5.41, 5.74) is 1.74. The molecule has 3 aromatic rings.